The summed E-state index contributed by atoms with van der Waals surface area (Å²) in [6.45, 7) is 4.17. The second-order valence-electron chi connectivity index (χ2n) is 4.85. The second kappa shape index (κ2) is 2.84. The second-order valence-corrected chi connectivity index (χ2v) is 4.85. The van der Waals surface area contributed by atoms with Gasteiger partial charge in [-0.15, -0.1) is 0 Å². The molecule has 15 heavy (non-hydrogen) atoms. The predicted octanol–water partition coefficient (Wildman–Crippen LogP) is 2.75. The van der Waals surface area contributed by atoms with Crippen LogP contribution in [0.15, 0.2) is 12.1 Å². The summed E-state index contributed by atoms with van der Waals surface area (Å²) in [5.41, 5.74) is 4.76. The fraction of sp³-hybridized carbons (Fsp3) is 0.462. The number of anilines is 1. The van der Waals surface area contributed by atoms with Gasteiger partial charge in [0.25, 0.3) is 0 Å². The van der Waals surface area contributed by atoms with E-state index in [1.807, 2.05) is 0 Å². The molecule has 1 aromatic carbocycles. The Kier molecular flexibility index (Phi) is 1.70. The van der Waals surface area contributed by atoms with Crippen LogP contribution in [0.5, 0.6) is 0 Å². The molecule has 0 spiro atoms. The lowest BCUT2D eigenvalue weighted by Gasteiger charge is -2.08. The van der Waals surface area contributed by atoms with Crippen LogP contribution in [0.4, 0.5) is 5.69 Å². The summed E-state index contributed by atoms with van der Waals surface area (Å²) >= 11 is 0. The average molecular weight is 201 g/mol. The summed E-state index contributed by atoms with van der Waals surface area (Å²) in [5.74, 6) is 0.951. The average Bonchev–Trinajstić information content (AvgIpc) is 2.91. The van der Waals surface area contributed by atoms with Crippen molar-refractivity contribution in [2.24, 2.45) is 5.92 Å². The number of aryl methyl sites for hydroxylation is 2. The predicted molar refractivity (Wildman–Crippen MR) is 60.0 cm³/mol. The molecule has 1 saturated carbocycles. The third-order valence-corrected chi connectivity index (χ3v) is 3.47. The van der Waals surface area contributed by atoms with Crippen LogP contribution in [-0.4, -0.2) is 5.91 Å². The summed E-state index contributed by atoms with van der Waals surface area (Å²) in [4.78, 5) is 11.9. The van der Waals surface area contributed by atoms with Crippen LogP contribution in [-0.2, 0) is 4.79 Å². The van der Waals surface area contributed by atoms with E-state index in [9.17, 15) is 4.79 Å². The topological polar surface area (TPSA) is 29.1 Å². The van der Waals surface area contributed by atoms with Gasteiger partial charge >= 0.3 is 0 Å². The molecule has 1 N–H and O–H groups in total. The molecule has 1 atom stereocenters. The number of carbonyl (C=O) groups is 1. The molecule has 2 nitrogen and oxygen atoms in total. The first-order valence-corrected chi connectivity index (χ1v) is 5.59. The third-order valence-electron chi connectivity index (χ3n) is 3.47. The maximum Gasteiger partial charge on any atom is 0.232 e. The van der Waals surface area contributed by atoms with Crippen LogP contribution in [0.3, 0.4) is 0 Å². The molecular formula is C13H15NO. The van der Waals surface area contributed by atoms with Gasteiger partial charge in [0.05, 0.1) is 5.92 Å². The highest BCUT2D eigenvalue weighted by Gasteiger charge is 2.42. The van der Waals surface area contributed by atoms with E-state index in [1.165, 1.54) is 29.5 Å². The minimum absolute atomic E-state index is 0.138. The number of amides is 1. The maximum absolute atomic E-state index is 11.9. The standard InChI is InChI=1S/C13H15NO/c1-7-5-8(2)12-10(6-7)11(9-3-4-9)13(15)14-12/h5-6,9,11H,3-4H2,1-2H3,(H,14,15). The highest BCUT2D eigenvalue weighted by Crippen LogP contribution is 2.49. The molecule has 1 heterocycles. The lowest BCUT2D eigenvalue weighted by molar-refractivity contribution is -0.117. The van der Waals surface area contributed by atoms with Crippen molar-refractivity contribution in [3.63, 3.8) is 0 Å². The summed E-state index contributed by atoms with van der Waals surface area (Å²) in [6, 6.07) is 4.30. The van der Waals surface area contributed by atoms with Gasteiger partial charge in [0.1, 0.15) is 0 Å². The molecule has 1 aromatic rings. The van der Waals surface area contributed by atoms with Crippen molar-refractivity contribution in [1.82, 2.24) is 0 Å². The Morgan fingerprint density at radius 3 is 2.67 bits per heavy atom. The van der Waals surface area contributed by atoms with Crippen LogP contribution in [0.2, 0.25) is 0 Å². The van der Waals surface area contributed by atoms with Gasteiger partial charge in [0.2, 0.25) is 5.91 Å². The quantitative estimate of drug-likeness (QED) is 0.743. The van der Waals surface area contributed by atoms with E-state index < -0.39 is 0 Å². The van der Waals surface area contributed by atoms with Crippen molar-refractivity contribution in [3.8, 4) is 0 Å². The monoisotopic (exact) mass is 201 g/mol. The highest BCUT2D eigenvalue weighted by atomic mass is 16.2. The number of benzene rings is 1. The molecule has 0 aromatic heterocycles. The number of fused-ring (bicyclic) bond motifs is 1. The number of hydrogen-bond acceptors (Lipinski definition) is 1. The zero-order valence-electron chi connectivity index (χ0n) is 9.13. The van der Waals surface area contributed by atoms with Gasteiger partial charge in [-0.1, -0.05) is 17.7 Å². The van der Waals surface area contributed by atoms with Crippen molar-refractivity contribution in [2.45, 2.75) is 32.6 Å². The molecule has 78 valence electrons. The Morgan fingerprint density at radius 2 is 2.00 bits per heavy atom. The number of hydrogen-bond donors (Lipinski definition) is 1. The Bertz CT molecular complexity index is 446. The molecule has 3 rings (SSSR count). The van der Waals surface area contributed by atoms with E-state index in [-0.39, 0.29) is 11.8 Å². The van der Waals surface area contributed by atoms with Gasteiger partial charge in [-0.2, -0.15) is 0 Å². The molecular weight excluding hydrogens is 186 g/mol. The smallest absolute Gasteiger partial charge is 0.232 e. The third kappa shape index (κ3) is 1.28. The highest BCUT2D eigenvalue weighted by molar-refractivity contribution is 6.04. The first-order chi connectivity index (χ1) is 7.16. The van der Waals surface area contributed by atoms with Gasteiger partial charge in [0, 0.05) is 5.69 Å². The van der Waals surface area contributed by atoms with Gasteiger partial charge in [-0.3, -0.25) is 4.79 Å². The SMILES string of the molecule is Cc1cc(C)c2c(c1)C(C1CC1)C(=O)N2. The molecule has 1 fully saturated rings. The summed E-state index contributed by atoms with van der Waals surface area (Å²) in [5, 5.41) is 3.03. The maximum atomic E-state index is 11.9. The molecule has 0 radical (unpaired) electrons. The largest absolute Gasteiger partial charge is 0.325 e. The first kappa shape index (κ1) is 8.96. The van der Waals surface area contributed by atoms with Crippen molar-refractivity contribution >= 4 is 11.6 Å². The minimum atomic E-state index is 0.138. The number of rotatable bonds is 1. The molecule has 2 aliphatic rings. The minimum Gasteiger partial charge on any atom is -0.325 e. The van der Waals surface area contributed by atoms with E-state index >= 15 is 0 Å². The van der Waals surface area contributed by atoms with Crippen LogP contribution in [0, 0.1) is 19.8 Å². The molecule has 2 heteroatoms. The van der Waals surface area contributed by atoms with Crippen molar-refractivity contribution in [2.75, 3.05) is 5.32 Å². The van der Waals surface area contributed by atoms with E-state index in [0.717, 1.165) is 5.69 Å². The Hall–Kier alpha value is -1.31. The molecule has 0 bridgehead atoms. The van der Waals surface area contributed by atoms with Crippen LogP contribution < -0.4 is 5.32 Å². The van der Waals surface area contributed by atoms with Crippen LogP contribution in [0.1, 0.15) is 35.4 Å². The van der Waals surface area contributed by atoms with Gasteiger partial charge in [-0.25, -0.2) is 0 Å². The van der Waals surface area contributed by atoms with Gasteiger partial charge in [0.15, 0.2) is 0 Å². The van der Waals surface area contributed by atoms with Crippen LogP contribution >= 0.6 is 0 Å². The number of nitrogens with one attached hydrogen (secondary N) is 1. The lowest BCUT2D eigenvalue weighted by atomic mass is 9.93. The normalized spacial score (nSPS) is 23.9. The number of carbonyl (C=O) groups excluding carboxylic acids is 1. The van der Waals surface area contributed by atoms with E-state index in [0.29, 0.717) is 5.92 Å². The Balaban J connectivity index is 2.14. The molecule has 1 aliphatic carbocycles. The van der Waals surface area contributed by atoms with E-state index in [1.54, 1.807) is 0 Å². The molecule has 1 aliphatic heterocycles. The first-order valence-electron chi connectivity index (χ1n) is 5.59. The Labute approximate surface area is 89.7 Å². The lowest BCUT2D eigenvalue weighted by Crippen LogP contribution is -2.13. The zero-order valence-corrected chi connectivity index (χ0v) is 9.13. The van der Waals surface area contributed by atoms with Crippen molar-refractivity contribution < 1.29 is 4.79 Å². The van der Waals surface area contributed by atoms with Gasteiger partial charge < -0.3 is 5.32 Å². The summed E-state index contributed by atoms with van der Waals surface area (Å²) in [7, 11) is 0. The van der Waals surface area contributed by atoms with E-state index in [4.69, 9.17) is 0 Å². The molecule has 0 saturated heterocycles. The van der Waals surface area contributed by atoms with Crippen LogP contribution in [0.25, 0.3) is 0 Å². The molecule has 1 amide bonds. The Morgan fingerprint density at radius 1 is 1.27 bits per heavy atom. The fourth-order valence-corrected chi connectivity index (χ4v) is 2.66. The van der Waals surface area contributed by atoms with E-state index in [2.05, 4.69) is 31.3 Å². The molecule has 1 unspecified atom stereocenters. The van der Waals surface area contributed by atoms with Crippen molar-refractivity contribution in [1.29, 1.82) is 0 Å². The summed E-state index contributed by atoms with van der Waals surface area (Å²) in [6.07, 6.45) is 2.43. The fourth-order valence-electron chi connectivity index (χ4n) is 2.66. The van der Waals surface area contributed by atoms with Crippen molar-refractivity contribution in [3.05, 3.63) is 28.8 Å². The zero-order chi connectivity index (χ0) is 10.6. The van der Waals surface area contributed by atoms with Gasteiger partial charge in [-0.05, 0) is 43.7 Å². The summed E-state index contributed by atoms with van der Waals surface area (Å²) < 4.78 is 0.